The highest BCUT2D eigenvalue weighted by Gasteiger charge is 2.41. The van der Waals surface area contributed by atoms with Crippen LogP contribution in [0.4, 0.5) is 24.5 Å². The van der Waals surface area contributed by atoms with Crippen LogP contribution in [-0.2, 0) is 0 Å². The Bertz CT molecular complexity index is 750. The van der Waals surface area contributed by atoms with Crippen molar-refractivity contribution < 1.29 is 18.0 Å². The SMILES string of the molecule is CN1C(C(F)(F)F)=Nc2ccc(C=O)c3cccc1c23. The van der Waals surface area contributed by atoms with E-state index in [4.69, 9.17) is 0 Å². The minimum atomic E-state index is -4.53. The summed E-state index contributed by atoms with van der Waals surface area (Å²) in [7, 11) is 1.32. The minimum Gasteiger partial charge on any atom is -0.325 e. The molecule has 0 aliphatic carbocycles. The van der Waals surface area contributed by atoms with Gasteiger partial charge in [-0.3, -0.25) is 4.79 Å². The second-order valence-electron chi connectivity index (χ2n) is 4.48. The van der Waals surface area contributed by atoms with Crippen LogP contribution < -0.4 is 4.90 Å². The maximum Gasteiger partial charge on any atom is 0.449 e. The topological polar surface area (TPSA) is 32.7 Å². The van der Waals surface area contributed by atoms with Gasteiger partial charge in [0.05, 0.1) is 11.4 Å². The Kier molecular flexibility index (Phi) is 2.57. The molecular formula is C14H9F3N2O. The lowest BCUT2D eigenvalue weighted by atomic mass is 10.00. The lowest BCUT2D eigenvalue weighted by Crippen LogP contribution is -2.39. The third-order valence-electron chi connectivity index (χ3n) is 3.32. The third kappa shape index (κ3) is 1.68. The molecule has 0 unspecified atom stereocenters. The van der Waals surface area contributed by atoms with E-state index in [1.54, 1.807) is 18.2 Å². The van der Waals surface area contributed by atoms with Crippen LogP contribution in [0.15, 0.2) is 35.3 Å². The van der Waals surface area contributed by atoms with Crippen molar-refractivity contribution in [2.75, 3.05) is 11.9 Å². The molecule has 1 heterocycles. The van der Waals surface area contributed by atoms with Crippen LogP contribution in [0.2, 0.25) is 0 Å². The highest BCUT2D eigenvalue weighted by molar-refractivity contribution is 6.18. The predicted octanol–water partition coefficient (Wildman–Crippen LogP) is 3.69. The number of amidine groups is 1. The molecule has 3 nitrogen and oxygen atoms in total. The maximum absolute atomic E-state index is 13.0. The fraction of sp³-hybridized carbons (Fsp3) is 0.143. The fourth-order valence-corrected chi connectivity index (χ4v) is 2.42. The summed E-state index contributed by atoms with van der Waals surface area (Å²) >= 11 is 0. The number of halogens is 3. The quantitative estimate of drug-likeness (QED) is 0.745. The van der Waals surface area contributed by atoms with Gasteiger partial charge >= 0.3 is 6.18 Å². The van der Waals surface area contributed by atoms with Crippen molar-refractivity contribution in [3.8, 4) is 0 Å². The molecule has 0 bridgehead atoms. The number of alkyl halides is 3. The van der Waals surface area contributed by atoms with E-state index < -0.39 is 12.0 Å². The van der Waals surface area contributed by atoms with E-state index in [2.05, 4.69) is 4.99 Å². The lowest BCUT2D eigenvalue weighted by molar-refractivity contribution is -0.0599. The smallest absolute Gasteiger partial charge is 0.325 e. The van der Waals surface area contributed by atoms with Gasteiger partial charge in [-0.1, -0.05) is 12.1 Å². The van der Waals surface area contributed by atoms with Gasteiger partial charge in [-0.2, -0.15) is 13.2 Å². The summed E-state index contributed by atoms with van der Waals surface area (Å²) in [5, 5.41) is 1.17. The summed E-state index contributed by atoms with van der Waals surface area (Å²) in [4.78, 5) is 15.7. The van der Waals surface area contributed by atoms with Crippen molar-refractivity contribution in [3.63, 3.8) is 0 Å². The first-order chi connectivity index (χ1) is 9.43. The second-order valence-corrected chi connectivity index (χ2v) is 4.48. The first-order valence-corrected chi connectivity index (χ1v) is 5.84. The molecule has 0 saturated carbocycles. The molecule has 3 rings (SSSR count). The molecule has 2 aromatic carbocycles. The molecule has 0 amide bonds. The highest BCUT2D eigenvalue weighted by atomic mass is 19.4. The van der Waals surface area contributed by atoms with E-state index in [1.807, 2.05) is 0 Å². The van der Waals surface area contributed by atoms with E-state index >= 15 is 0 Å². The number of carbonyl (C=O) groups excluding carboxylic acids is 1. The Hall–Kier alpha value is -2.37. The van der Waals surface area contributed by atoms with Crippen LogP contribution in [0.3, 0.4) is 0 Å². The van der Waals surface area contributed by atoms with Crippen LogP contribution >= 0.6 is 0 Å². The number of hydrogen-bond donors (Lipinski definition) is 0. The molecule has 102 valence electrons. The van der Waals surface area contributed by atoms with Crippen LogP contribution in [0.25, 0.3) is 10.8 Å². The molecule has 0 radical (unpaired) electrons. The maximum atomic E-state index is 13.0. The molecule has 0 aromatic heterocycles. The molecule has 1 aliphatic heterocycles. The highest BCUT2D eigenvalue weighted by Crippen LogP contribution is 2.41. The molecular weight excluding hydrogens is 269 g/mol. The average molecular weight is 278 g/mol. The standard InChI is InChI=1S/C14H9F3N2O/c1-19-11-4-2-3-9-8(7-20)5-6-10(12(9)11)18-13(19)14(15,16)17/h2-7H,1H3. The Morgan fingerprint density at radius 3 is 2.60 bits per heavy atom. The van der Waals surface area contributed by atoms with E-state index in [1.165, 1.54) is 19.2 Å². The number of nitrogens with zero attached hydrogens (tertiary/aromatic N) is 2. The van der Waals surface area contributed by atoms with Gasteiger partial charge in [0, 0.05) is 18.0 Å². The van der Waals surface area contributed by atoms with Gasteiger partial charge in [-0.25, -0.2) is 4.99 Å². The molecule has 6 heteroatoms. The Labute approximate surface area is 112 Å². The molecule has 0 N–H and O–H groups in total. The van der Waals surface area contributed by atoms with Crippen LogP contribution in [0.1, 0.15) is 10.4 Å². The molecule has 0 spiro atoms. The number of aldehydes is 1. The van der Waals surface area contributed by atoms with Crippen LogP contribution in [-0.4, -0.2) is 25.3 Å². The van der Waals surface area contributed by atoms with Gasteiger partial charge in [-0.15, -0.1) is 0 Å². The summed E-state index contributed by atoms with van der Waals surface area (Å²) in [5.41, 5.74) is 1.06. The summed E-state index contributed by atoms with van der Waals surface area (Å²) in [5.74, 6) is -0.962. The lowest BCUT2D eigenvalue weighted by Gasteiger charge is -2.28. The average Bonchev–Trinajstić information content (AvgIpc) is 2.41. The van der Waals surface area contributed by atoms with Crippen LogP contribution in [0.5, 0.6) is 0 Å². The van der Waals surface area contributed by atoms with E-state index in [9.17, 15) is 18.0 Å². The summed E-state index contributed by atoms with van der Waals surface area (Å²) in [6, 6.07) is 7.84. The van der Waals surface area contributed by atoms with Crippen LogP contribution in [0, 0.1) is 0 Å². The Morgan fingerprint density at radius 2 is 1.95 bits per heavy atom. The summed E-state index contributed by atoms with van der Waals surface area (Å²) < 4.78 is 39.0. The first kappa shape index (κ1) is 12.7. The molecule has 0 atom stereocenters. The summed E-state index contributed by atoms with van der Waals surface area (Å²) in [6.45, 7) is 0. The van der Waals surface area contributed by atoms with Crippen molar-refractivity contribution in [2.45, 2.75) is 6.18 Å². The number of carbonyl (C=O) groups is 1. The number of benzene rings is 2. The Balaban J connectivity index is 2.39. The van der Waals surface area contributed by atoms with Gasteiger partial charge < -0.3 is 4.90 Å². The fourth-order valence-electron chi connectivity index (χ4n) is 2.42. The van der Waals surface area contributed by atoms with Crippen molar-refractivity contribution >= 4 is 34.3 Å². The Morgan fingerprint density at radius 1 is 1.20 bits per heavy atom. The van der Waals surface area contributed by atoms with E-state index in [-0.39, 0.29) is 5.69 Å². The first-order valence-electron chi connectivity index (χ1n) is 5.84. The minimum absolute atomic E-state index is 0.228. The zero-order valence-electron chi connectivity index (χ0n) is 10.4. The number of aliphatic imine (C=N–C) groups is 1. The van der Waals surface area contributed by atoms with Gasteiger partial charge in [0.2, 0.25) is 5.84 Å². The van der Waals surface area contributed by atoms with E-state index in [0.717, 1.165) is 4.90 Å². The van der Waals surface area contributed by atoms with Gasteiger partial charge in [0.1, 0.15) is 0 Å². The molecule has 1 aliphatic rings. The molecule has 0 saturated heterocycles. The predicted molar refractivity (Wildman–Crippen MR) is 70.9 cm³/mol. The van der Waals surface area contributed by atoms with Crippen molar-refractivity contribution in [1.82, 2.24) is 0 Å². The number of rotatable bonds is 1. The normalized spacial score (nSPS) is 14.4. The molecule has 2 aromatic rings. The largest absolute Gasteiger partial charge is 0.449 e. The van der Waals surface area contributed by atoms with Crippen molar-refractivity contribution in [1.29, 1.82) is 0 Å². The zero-order valence-corrected chi connectivity index (χ0v) is 10.4. The van der Waals surface area contributed by atoms with Gasteiger partial charge in [0.25, 0.3) is 0 Å². The zero-order chi connectivity index (χ0) is 14.5. The van der Waals surface area contributed by atoms with Gasteiger partial charge in [0.15, 0.2) is 6.29 Å². The van der Waals surface area contributed by atoms with Crippen molar-refractivity contribution in [2.24, 2.45) is 4.99 Å². The third-order valence-corrected chi connectivity index (χ3v) is 3.32. The summed E-state index contributed by atoms with van der Waals surface area (Å²) in [6.07, 6.45) is -3.84. The van der Waals surface area contributed by atoms with Crippen molar-refractivity contribution in [3.05, 3.63) is 35.9 Å². The molecule has 20 heavy (non-hydrogen) atoms. The number of hydrogen-bond acceptors (Lipinski definition) is 3. The monoisotopic (exact) mass is 278 g/mol. The van der Waals surface area contributed by atoms with E-state index in [0.29, 0.717) is 28.3 Å². The second kappa shape index (κ2) is 4.06. The molecule has 0 fully saturated rings. The van der Waals surface area contributed by atoms with Gasteiger partial charge in [-0.05, 0) is 23.6 Å². The number of anilines is 1.